The molecule has 0 atom stereocenters. The quantitative estimate of drug-likeness (QED) is 0.501. The van der Waals surface area contributed by atoms with Crippen molar-refractivity contribution in [1.82, 2.24) is 0 Å². The molecule has 2 rings (SSSR count). The number of anilines is 1. The number of hydrogen-bond donors (Lipinski definition) is 2. The van der Waals surface area contributed by atoms with Gasteiger partial charge >= 0.3 is 0 Å². The van der Waals surface area contributed by atoms with Crippen molar-refractivity contribution >= 4 is 5.69 Å². The highest BCUT2D eigenvalue weighted by atomic mass is 19.2. The molecule has 3 N–H and O–H groups in total. The lowest BCUT2D eigenvalue weighted by Crippen LogP contribution is -2.39. The number of nitrogens with two attached hydrogens (primary N) is 1. The molecule has 1 aliphatic rings. The minimum absolute atomic E-state index is 0.0492. The van der Waals surface area contributed by atoms with Gasteiger partial charge in [0.25, 0.3) is 0 Å². The molecule has 1 aliphatic carbocycles. The highest BCUT2D eigenvalue weighted by Crippen LogP contribution is 2.30. The Morgan fingerprint density at radius 2 is 1.33 bits per heavy atom. The Hall–Kier alpha value is -1.37. The summed E-state index contributed by atoms with van der Waals surface area (Å²) >= 11 is 0. The van der Waals surface area contributed by atoms with E-state index < -0.39 is 34.8 Å². The largest absolute Gasteiger partial charge is 0.380 e. The molecule has 1 fully saturated rings. The average Bonchev–Trinajstić information content (AvgIpc) is 2.31. The van der Waals surface area contributed by atoms with Gasteiger partial charge in [0.2, 0.25) is 5.82 Å². The first kappa shape index (κ1) is 13.1. The van der Waals surface area contributed by atoms with Crippen LogP contribution in [0.5, 0.6) is 0 Å². The van der Waals surface area contributed by atoms with Crippen molar-refractivity contribution in [3.63, 3.8) is 0 Å². The molecule has 0 aromatic heterocycles. The lowest BCUT2D eigenvalue weighted by atomic mass is 9.81. The standard InChI is InChI=1S/C11H11F5N2/c12-6-7(13)9(15)11(10(16)8(6)14)18-3-4-1-5(17)2-4/h4-5,18H,1-3,17H2. The second-order valence-corrected chi connectivity index (χ2v) is 4.42. The fraction of sp³-hybridized carbons (Fsp3) is 0.455. The number of rotatable bonds is 3. The monoisotopic (exact) mass is 266 g/mol. The molecular formula is C11H11F5N2. The van der Waals surface area contributed by atoms with Crippen LogP contribution in [0.4, 0.5) is 27.6 Å². The van der Waals surface area contributed by atoms with E-state index in [1.807, 2.05) is 0 Å². The molecule has 100 valence electrons. The molecule has 18 heavy (non-hydrogen) atoms. The van der Waals surface area contributed by atoms with Crippen molar-refractivity contribution in [1.29, 1.82) is 0 Å². The maximum absolute atomic E-state index is 13.2. The van der Waals surface area contributed by atoms with Crippen molar-refractivity contribution in [2.45, 2.75) is 18.9 Å². The summed E-state index contributed by atoms with van der Waals surface area (Å²) in [7, 11) is 0. The second kappa shape index (κ2) is 4.72. The number of nitrogens with one attached hydrogen (secondary N) is 1. The molecule has 0 aliphatic heterocycles. The van der Waals surface area contributed by atoms with Gasteiger partial charge in [-0.2, -0.15) is 0 Å². The zero-order valence-corrected chi connectivity index (χ0v) is 9.24. The summed E-state index contributed by atoms with van der Waals surface area (Å²) in [5.74, 6) is -9.62. The van der Waals surface area contributed by atoms with Crippen molar-refractivity contribution < 1.29 is 22.0 Å². The Morgan fingerprint density at radius 3 is 1.78 bits per heavy atom. The Balaban J connectivity index is 2.17. The zero-order chi connectivity index (χ0) is 13.4. The van der Waals surface area contributed by atoms with E-state index in [0.717, 1.165) is 0 Å². The summed E-state index contributed by atoms with van der Waals surface area (Å²) < 4.78 is 65.0. The van der Waals surface area contributed by atoms with E-state index in [9.17, 15) is 22.0 Å². The van der Waals surface area contributed by atoms with Crippen molar-refractivity contribution in [3.05, 3.63) is 29.1 Å². The van der Waals surface area contributed by atoms with Crippen LogP contribution in [-0.2, 0) is 0 Å². The van der Waals surface area contributed by atoms with Crippen LogP contribution in [-0.4, -0.2) is 12.6 Å². The van der Waals surface area contributed by atoms with Crippen molar-refractivity contribution in [2.24, 2.45) is 11.7 Å². The summed E-state index contributed by atoms with van der Waals surface area (Å²) in [5, 5.41) is 2.26. The second-order valence-electron chi connectivity index (χ2n) is 4.42. The van der Waals surface area contributed by atoms with Crippen LogP contribution in [0.2, 0.25) is 0 Å². The molecule has 0 amide bonds. The van der Waals surface area contributed by atoms with Gasteiger partial charge in [-0.3, -0.25) is 0 Å². The Kier molecular flexibility index (Phi) is 3.43. The average molecular weight is 266 g/mol. The fourth-order valence-electron chi connectivity index (χ4n) is 1.96. The minimum atomic E-state index is -2.15. The lowest BCUT2D eigenvalue weighted by molar-refractivity contribution is 0.279. The normalized spacial score (nSPS) is 22.8. The molecule has 0 heterocycles. The maximum Gasteiger partial charge on any atom is 0.200 e. The summed E-state index contributed by atoms with van der Waals surface area (Å²) in [6, 6.07) is 0.0492. The van der Waals surface area contributed by atoms with E-state index in [-0.39, 0.29) is 18.5 Å². The third kappa shape index (κ3) is 2.14. The van der Waals surface area contributed by atoms with E-state index in [1.54, 1.807) is 0 Å². The summed E-state index contributed by atoms with van der Waals surface area (Å²) in [5.41, 5.74) is 4.54. The highest BCUT2D eigenvalue weighted by molar-refractivity contribution is 5.47. The van der Waals surface area contributed by atoms with Gasteiger partial charge in [-0.1, -0.05) is 0 Å². The zero-order valence-electron chi connectivity index (χ0n) is 9.24. The van der Waals surface area contributed by atoms with Crippen molar-refractivity contribution in [2.75, 3.05) is 11.9 Å². The third-order valence-electron chi connectivity index (χ3n) is 3.05. The first-order valence-electron chi connectivity index (χ1n) is 5.42. The van der Waals surface area contributed by atoms with Gasteiger partial charge in [0, 0.05) is 12.6 Å². The van der Waals surface area contributed by atoms with E-state index >= 15 is 0 Å². The number of hydrogen-bond acceptors (Lipinski definition) is 2. The van der Waals surface area contributed by atoms with E-state index in [4.69, 9.17) is 5.73 Å². The Morgan fingerprint density at radius 1 is 0.889 bits per heavy atom. The number of benzene rings is 1. The lowest BCUT2D eigenvalue weighted by Gasteiger charge is -2.32. The first-order chi connectivity index (χ1) is 8.41. The van der Waals surface area contributed by atoms with Crippen LogP contribution in [0.1, 0.15) is 12.8 Å². The molecule has 1 aromatic rings. The van der Waals surface area contributed by atoms with E-state index in [1.165, 1.54) is 0 Å². The Bertz CT molecular complexity index is 442. The molecule has 7 heteroatoms. The van der Waals surface area contributed by atoms with Gasteiger partial charge in [0.1, 0.15) is 5.69 Å². The van der Waals surface area contributed by atoms with Crippen LogP contribution in [0.3, 0.4) is 0 Å². The van der Waals surface area contributed by atoms with E-state index in [2.05, 4.69) is 5.32 Å². The first-order valence-corrected chi connectivity index (χ1v) is 5.42. The topological polar surface area (TPSA) is 38.0 Å². The van der Waals surface area contributed by atoms with Crippen LogP contribution >= 0.6 is 0 Å². The molecule has 0 bridgehead atoms. The summed E-state index contributed by atoms with van der Waals surface area (Å²) in [6.07, 6.45) is 1.34. The third-order valence-corrected chi connectivity index (χ3v) is 3.05. The molecule has 0 saturated heterocycles. The predicted octanol–water partition coefficient (Wildman–Crippen LogP) is 2.53. The summed E-state index contributed by atoms with van der Waals surface area (Å²) in [6.45, 7) is 0.131. The number of halogens is 5. The Labute approximate surface area is 100.0 Å². The van der Waals surface area contributed by atoms with Gasteiger partial charge in [0.05, 0.1) is 0 Å². The van der Waals surface area contributed by atoms with Crippen LogP contribution in [0, 0.1) is 35.0 Å². The molecule has 2 nitrogen and oxygen atoms in total. The van der Waals surface area contributed by atoms with Gasteiger partial charge in [-0.25, -0.2) is 22.0 Å². The molecule has 0 radical (unpaired) electrons. The molecule has 1 saturated carbocycles. The van der Waals surface area contributed by atoms with Gasteiger partial charge in [-0.05, 0) is 18.8 Å². The van der Waals surface area contributed by atoms with Gasteiger partial charge in [-0.15, -0.1) is 0 Å². The van der Waals surface area contributed by atoms with Gasteiger partial charge in [0.15, 0.2) is 23.3 Å². The highest BCUT2D eigenvalue weighted by Gasteiger charge is 2.29. The van der Waals surface area contributed by atoms with Crippen LogP contribution in [0.25, 0.3) is 0 Å². The van der Waals surface area contributed by atoms with Crippen LogP contribution in [0.15, 0.2) is 0 Å². The van der Waals surface area contributed by atoms with Crippen molar-refractivity contribution in [3.8, 4) is 0 Å². The minimum Gasteiger partial charge on any atom is -0.380 e. The summed E-state index contributed by atoms with van der Waals surface area (Å²) in [4.78, 5) is 0. The fourth-order valence-corrected chi connectivity index (χ4v) is 1.96. The van der Waals surface area contributed by atoms with E-state index in [0.29, 0.717) is 12.8 Å². The molecule has 0 unspecified atom stereocenters. The molecule has 0 spiro atoms. The predicted molar refractivity (Wildman–Crippen MR) is 55.4 cm³/mol. The van der Waals surface area contributed by atoms with Crippen LogP contribution < -0.4 is 11.1 Å². The van der Waals surface area contributed by atoms with Gasteiger partial charge < -0.3 is 11.1 Å². The maximum atomic E-state index is 13.2. The molecule has 1 aromatic carbocycles. The smallest absolute Gasteiger partial charge is 0.200 e. The SMILES string of the molecule is NC1CC(CNc2c(F)c(F)c(F)c(F)c2F)C1. The molecular weight excluding hydrogens is 255 g/mol.